The van der Waals surface area contributed by atoms with E-state index in [0.29, 0.717) is 11.5 Å². The van der Waals surface area contributed by atoms with Gasteiger partial charge in [0.25, 0.3) is 0 Å². The molecule has 2 rings (SSSR count). The van der Waals surface area contributed by atoms with E-state index < -0.39 is 0 Å². The minimum atomic E-state index is -0.251. The number of rotatable bonds is 3. The van der Waals surface area contributed by atoms with Gasteiger partial charge in [-0.25, -0.2) is 4.98 Å². The van der Waals surface area contributed by atoms with E-state index in [1.165, 1.54) is 6.42 Å². The lowest BCUT2D eigenvalue weighted by Crippen LogP contribution is -2.46. The fourth-order valence-electron chi connectivity index (χ4n) is 2.76. The Morgan fingerprint density at radius 2 is 2.44 bits per heavy atom. The summed E-state index contributed by atoms with van der Waals surface area (Å²) in [4.78, 5) is 4.22. The van der Waals surface area contributed by atoms with Crippen LogP contribution in [-0.4, -0.2) is 22.2 Å². The molecule has 1 saturated carbocycles. The molecule has 96 valence electrons. The predicted molar refractivity (Wildman–Crippen MR) is 70.0 cm³/mol. The average Bonchev–Trinajstić information content (AvgIpc) is 2.39. The van der Waals surface area contributed by atoms with Gasteiger partial charge in [0.05, 0.1) is 17.7 Å². The molecule has 2 atom stereocenters. The van der Waals surface area contributed by atoms with Gasteiger partial charge in [0, 0.05) is 6.20 Å². The number of aliphatic hydroxyl groups is 1. The van der Waals surface area contributed by atoms with Crippen LogP contribution in [0.1, 0.15) is 38.2 Å². The van der Waals surface area contributed by atoms with Gasteiger partial charge in [-0.1, -0.05) is 19.8 Å². The van der Waals surface area contributed by atoms with Crippen LogP contribution in [-0.2, 0) is 0 Å². The van der Waals surface area contributed by atoms with Crippen LogP contribution in [0.5, 0.6) is 0 Å². The Hall–Kier alpha value is -1.60. The lowest BCUT2D eigenvalue weighted by Gasteiger charge is -2.39. The van der Waals surface area contributed by atoms with Gasteiger partial charge in [-0.3, -0.25) is 0 Å². The lowest BCUT2D eigenvalue weighted by molar-refractivity contribution is 0.149. The van der Waals surface area contributed by atoms with E-state index in [1.54, 1.807) is 18.3 Å². The van der Waals surface area contributed by atoms with Crippen molar-refractivity contribution >= 4 is 5.82 Å². The Morgan fingerprint density at radius 1 is 1.61 bits per heavy atom. The Kier molecular flexibility index (Phi) is 3.83. The Labute approximate surface area is 108 Å². The molecule has 1 fully saturated rings. The minimum Gasteiger partial charge on any atom is -0.394 e. The van der Waals surface area contributed by atoms with Crippen molar-refractivity contribution in [3.8, 4) is 6.07 Å². The van der Waals surface area contributed by atoms with Crippen molar-refractivity contribution in [2.45, 2.75) is 38.1 Å². The van der Waals surface area contributed by atoms with E-state index in [2.05, 4.69) is 17.2 Å². The standard InChI is InChI=1S/C14H19N3O/c1-11-3-2-6-14(7-11,10-18)17-13-5-4-12(8-15)9-16-13/h4-5,9,11,18H,2-3,6-7,10H2,1H3,(H,16,17). The number of aromatic nitrogens is 1. The number of nitriles is 1. The highest BCUT2D eigenvalue weighted by Gasteiger charge is 2.34. The van der Waals surface area contributed by atoms with Crippen LogP contribution >= 0.6 is 0 Å². The van der Waals surface area contributed by atoms with Crippen molar-refractivity contribution in [3.05, 3.63) is 23.9 Å². The van der Waals surface area contributed by atoms with Gasteiger partial charge in [0.2, 0.25) is 0 Å². The van der Waals surface area contributed by atoms with E-state index in [-0.39, 0.29) is 12.1 Å². The van der Waals surface area contributed by atoms with Crippen LogP contribution < -0.4 is 5.32 Å². The quantitative estimate of drug-likeness (QED) is 0.857. The fraction of sp³-hybridized carbons (Fsp3) is 0.571. The molecule has 4 heteroatoms. The molecular weight excluding hydrogens is 226 g/mol. The maximum Gasteiger partial charge on any atom is 0.126 e. The highest BCUT2D eigenvalue weighted by molar-refractivity contribution is 5.41. The molecule has 0 bridgehead atoms. The van der Waals surface area contributed by atoms with Gasteiger partial charge in [-0.2, -0.15) is 5.26 Å². The van der Waals surface area contributed by atoms with Crippen molar-refractivity contribution in [1.29, 1.82) is 5.26 Å². The second kappa shape index (κ2) is 5.36. The molecule has 1 aromatic rings. The van der Waals surface area contributed by atoms with Crippen LogP contribution in [0.25, 0.3) is 0 Å². The number of nitrogens with zero attached hydrogens (tertiary/aromatic N) is 2. The Balaban J connectivity index is 2.11. The first kappa shape index (κ1) is 12.8. The van der Waals surface area contributed by atoms with Gasteiger partial charge < -0.3 is 10.4 Å². The molecule has 1 aliphatic rings. The van der Waals surface area contributed by atoms with E-state index in [4.69, 9.17) is 5.26 Å². The molecule has 1 aromatic heterocycles. The highest BCUT2D eigenvalue weighted by Crippen LogP contribution is 2.34. The largest absolute Gasteiger partial charge is 0.394 e. The molecule has 4 nitrogen and oxygen atoms in total. The summed E-state index contributed by atoms with van der Waals surface area (Å²) in [5, 5.41) is 21.8. The molecule has 0 spiro atoms. The number of hydrogen-bond acceptors (Lipinski definition) is 4. The van der Waals surface area contributed by atoms with Gasteiger partial charge >= 0.3 is 0 Å². The molecule has 0 aliphatic heterocycles. The summed E-state index contributed by atoms with van der Waals surface area (Å²) in [6.45, 7) is 2.34. The SMILES string of the molecule is CC1CCCC(CO)(Nc2ccc(C#N)cn2)C1. The average molecular weight is 245 g/mol. The summed E-state index contributed by atoms with van der Waals surface area (Å²) < 4.78 is 0. The number of hydrogen-bond donors (Lipinski definition) is 2. The topological polar surface area (TPSA) is 68.9 Å². The maximum atomic E-state index is 9.68. The molecule has 18 heavy (non-hydrogen) atoms. The third kappa shape index (κ3) is 2.80. The monoisotopic (exact) mass is 245 g/mol. The van der Waals surface area contributed by atoms with E-state index in [9.17, 15) is 5.11 Å². The molecule has 0 radical (unpaired) electrons. The predicted octanol–water partition coefficient (Wildman–Crippen LogP) is 2.31. The first-order valence-electron chi connectivity index (χ1n) is 6.43. The Morgan fingerprint density at radius 3 is 3.00 bits per heavy atom. The molecule has 0 saturated heterocycles. The number of nitrogens with one attached hydrogen (secondary N) is 1. The van der Waals surface area contributed by atoms with Crippen LogP contribution in [0.4, 0.5) is 5.82 Å². The van der Waals surface area contributed by atoms with Gasteiger partial charge in [-0.15, -0.1) is 0 Å². The van der Waals surface area contributed by atoms with Gasteiger partial charge in [-0.05, 0) is 30.9 Å². The van der Waals surface area contributed by atoms with Crippen molar-refractivity contribution in [1.82, 2.24) is 4.98 Å². The zero-order valence-corrected chi connectivity index (χ0v) is 10.7. The molecular formula is C14H19N3O. The molecule has 2 N–H and O–H groups in total. The second-order valence-corrected chi connectivity index (χ2v) is 5.31. The van der Waals surface area contributed by atoms with Crippen molar-refractivity contribution in [2.24, 2.45) is 5.92 Å². The van der Waals surface area contributed by atoms with Crippen molar-refractivity contribution < 1.29 is 5.11 Å². The zero-order valence-electron chi connectivity index (χ0n) is 10.7. The molecule has 1 heterocycles. The third-order valence-corrected chi connectivity index (χ3v) is 3.68. The fourth-order valence-corrected chi connectivity index (χ4v) is 2.76. The maximum absolute atomic E-state index is 9.68. The highest BCUT2D eigenvalue weighted by atomic mass is 16.3. The summed E-state index contributed by atoms with van der Waals surface area (Å²) in [5.41, 5.74) is 0.300. The number of pyridine rings is 1. The summed E-state index contributed by atoms with van der Waals surface area (Å²) in [6, 6.07) is 5.59. The smallest absolute Gasteiger partial charge is 0.126 e. The summed E-state index contributed by atoms with van der Waals surface area (Å²) in [5.74, 6) is 1.36. The zero-order chi connectivity index (χ0) is 13.0. The summed E-state index contributed by atoms with van der Waals surface area (Å²) >= 11 is 0. The van der Waals surface area contributed by atoms with E-state index in [0.717, 1.165) is 25.1 Å². The first-order chi connectivity index (χ1) is 8.67. The molecule has 2 unspecified atom stereocenters. The second-order valence-electron chi connectivity index (χ2n) is 5.31. The number of aliphatic hydroxyl groups excluding tert-OH is 1. The van der Waals surface area contributed by atoms with Crippen LogP contribution in [0.3, 0.4) is 0 Å². The number of anilines is 1. The van der Waals surface area contributed by atoms with Crippen LogP contribution in [0.15, 0.2) is 18.3 Å². The van der Waals surface area contributed by atoms with Gasteiger partial charge in [0.15, 0.2) is 0 Å². The van der Waals surface area contributed by atoms with E-state index in [1.807, 2.05) is 6.07 Å². The lowest BCUT2D eigenvalue weighted by atomic mass is 9.77. The summed E-state index contributed by atoms with van der Waals surface area (Å²) in [7, 11) is 0. The normalized spacial score (nSPS) is 27.5. The molecule has 0 amide bonds. The molecule has 0 aromatic carbocycles. The van der Waals surface area contributed by atoms with Crippen LogP contribution in [0, 0.1) is 17.2 Å². The van der Waals surface area contributed by atoms with Crippen molar-refractivity contribution in [2.75, 3.05) is 11.9 Å². The van der Waals surface area contributed by atoms with Crippen LogP contribution in [0.2, 0.25) is 0 Å². The van der Waals surface area contributed by atoms with Gasteiger partial charge in [0.1, 0.15) is 11.9 Å². The summed E-state index contributed by atoms with van der Waals surface area (Å²) in [6.07, 6.45) is 5.84. The van der Waals surface area contributed by atoms with E-state index >= 15 is 0 Å². The first-order valence-corrected chi connectivity index (χ1v) is 6.43. The Bertz CT molecular complexity index is 437. The molecule has 1 aliphatic carbocycles. The minimum absolute atomic E-state index is 0.124. The third-order valence-electron chi connectivity index (χ3n) is 3.68. The van der Waals surface area contributed by atoms with Crippen molar-refractivity contribution in [3.63, 3.8) is 0 Å².